The lowest BCUT2D eigenvalue weighted by atomic mass is 9.78. The van der Waals surface area contributed by atoms with Crippen LogP contribution in [-0.4, -0.2) is 49.4 Å². The maximum absolute atomic E-state index is 9.96. The van der Waals surface area contributed by atoms with Gasteiger partial charge < -0.3 is 24.4 Å². The summed E-state index contributed by atoms with van der Waals surface area (Å²) in [5, 5.41) is 20.5. The van der Waals surface area contributed by atoms with Gasteiger partial charge in [-0.05, 0) is 35.4 Å². The molecule has 0 amide bonds. The Kier molecular flexibility index (Phi) is 11.1. The number of hydrogen-bond donors (Lipinski definition) is 2. The molecule has 0 spiro atoms. The average Bonchev–Trinajstić information content (AvgIpc) is 2.77. The highest BCUT2D eigenvalue weighted by atomic mass is 35.5. The highest BCUT2D eigenvalue weighted by Crippen LogP contribution is 2.43. The third kappa shape index (κ3) is 7.57. The van der Waals surface area contributed by atoms with E-state index in [1.165, 1.54) is 0 Å². The molecule has 0 radical (unpaired) electrons. The van der Waals surface area contributed by atoms with Crippen molar-refractivity contribution in [3.8, 4) is 23.8 Å². The minimum Gasteiger partial charge on any atom is -0.490 e. The minimum atomic E-state index is -0.887. The number of benzene rings is 2. The van der Waals surface area contributed by atoms with Crippen molar-refractivity contribution in [2.24, 2.45) is 5.92 Å². The standard InChI is InChI=1S/C25H28Cl4O5/c1-5-6-32-13-18(31)14-34-24-21(28)9-17(10-22(24)29)25(3,4)16-7-19(26)23(20(27)8-16)33-12-15(2)11-30/h1,7-10,15,18,30-31H,6,11-14H2,2-4H3. The predicted molar refractivity (Wildman–Crippen MR) is 138 cm³/mol. The molecule has 2 rings (SSSR count). The van der Waals surface area contributed by atoms with Gasteiger partial charge in [-0.25, -0.2) is 0 Å². The van der Waals surface area contributed by atoms with Crippen LogP contribution in [0.2, 0.25) is 20.1 Å². The number of halogens is 4. The van der Waals surface area contributed by atoms with Crippen LogP contribution < -0.4 is 9.47 Å². The van der Waals surface area contributed by atoms with E-state index in [-0.39, 0.29) is 44.7 Å². The topological polar surface area (TPSA) is 68.2 Å². The average molecular weight is 550 g/mol. The molecule has 0 fully saturated rings. The maximum atomic E-state index is 9.96. The lowest BCUT2D eigenvalue weighted by Crippen LogP contribution is -2.24. The van der Waals surface area contributed by atoms with Crippen LogP contribution in [0.3, 0.4) is 0 Å². The predicted octanol–water partition coefficient (Wildman–Crippen LogP) is 6.02. The molecule has 0 saturated heterocycles. The summed E-state index contributed by atoms with van der Waals surface area (Å²) in [5.41, 5.74) is 1.06. The first kappa shape index (κ1) is 28.9. The van der Waals surface area contributed by atoms with Gasteiger partial charge in [0, 0.05) is 17.9 Å². The quantitative estimate of drug-likeness (QED) is 0.250. The van der Waals surface area contributed by atoms with Gasteiger partial charge in [-0.1, -0.05) is 73.1 Å². The molecule has 0 aliphatic carbocycles. The first-order valence-electron chi connectivity index (χ1n) is 10.6. The van der Waals surface area contributed by atoms with Crippen LogP contribution in [0.25, 0.3) is 0 Å². The van der Waals surface area contributed by atoms with Crippen molar-refractivity contribution in [3.63, 3.8) is 0 Å². The molecule has 5 nitrogen and oxygen atoms in total. The smallest absolute Gasteiger partial charge is 0.156 e. The van der Waals surface area contributed by atoms with E-state index in [4.69, 9.17) is 67.0 Å². The Morgan fingerprint density at radius 2 is 1.32 bits per heavy atom. The molecule has 2 atom stereocenters. The zero-order valence-electron chi connectivity index (χ0n) is 19.2. The molecule has 0 aliphatic rings. The summed E-state index contributed by atoms with van der Waals surface area (Å²) < 4.78 is 16.4. The maximum Gasteiger partial charge on any atom is 0.156 e. The zero-order valence-corrected chi connectivity index (χ0v) is 22.2. The largest absolute Gasteiger partial charge is 0.490 e. The van der Waals surface area contributed by atoms with Gasteiger partial charge >= 0.3 is 0 Å². The molecule has 9 heteroatoms. The number of aliphatic hydroxyl groups excluding tert-OH is 2. The lowest BCUT2D eigenvalue weighted by molar-refractivity contribution is 0.0229. The second-order valence-electron chi connectivity index (χ2n) is 8.45. The molecule has 2 unspecified atom stereocenters. The van der Waals surface area contributed by atoms with Crippen molar-refractivity contribution >= 4 is 46.4 Å². The third-order valence-electron chi connectivity index (χ3n) is 5.18. The second kappa shape index (κ2) is 13.1. The van der Waals surface area contributed by atoms with Crippen molar-refractivity contribution in [1.82, 2.24) is 0 Å². The summed E-state index contributed by atoms with van der Waals surface area (Å²) >= 11 is 25.9. The second-order valence-corrected chi connectivity index (χ2v) is 10.1. The minimum absolute atomic E-state index is 0.0000847. The van der Waals surface area contributed by atoms with Crippen LogP contribution in [0, 0.1) is 18.3 Å². The normalized spacial score (nSPS) is 13.3. The SMILES string of the molecule is C#CCOCC(O)COc1c(Cl)cc(C(C)(C)c2cc(Cl)c(OCC(C)CO)c(Cl)c2)cc1Cl. The van der Waals surface area contributed by atoms with E-state index in [0.717, 1.165) is 11.1 Å². The van der Waals surface area contributed by atoms with Gasteiger partial charge in [0.2, 0.25) is 0 Å². The molecule has 0 aliphatic heterocycles. The Bertz CT molecular complexity index is 973. The van der Waals surface area contributed by atoms with Crippen molar-refractivity contribution in [2.75, 3.05) is 33.0 Å². The van der Waals surface area contributed by atoms with Crippen LogP contribution in [0.1, 0.15) is 31.9 Å². The van der Waals surface area contributed by atoms with Crippen LogP contribution in [0.15, 0.2) is 24.3 Å². The van der Waals surface area contributed by atoms with Crippen LogP contribution in [-0.2, 0) is 10.2 Å². The zero-order chi connectivity index (χ0) is 25.5. The van der Waals surface area contributed by atoms with E-state index >= 15 is 0 Å². The molecule has 0 bridgehead atoms. The first-order valence-corrected chi connectivity index (χ1v) is 12.1. The van der Waals surface area contributed by atoms with E-state index in [1.807, 2.05) is 20.8 Å². The van der Waals surface area contributed by atoms with Gasteiger partial charge in [-0.2, -0.15) is 0 Å². The Balaban J connectivity index is 2.24. The summed E-state index contributed by atoms with van der Waals surface area (Å²) in [6, 6.07) is 7.06. The van der Waals surface area contributed by atoms with Crippen LogP contribution in [0.5, 0.6) is 11.5 Å². The third-order valence-corrected chi connectivity index (χ3v) is 6.30. The lowest BCUT2D eigenvalue weighted by Gasteiger charge is -2.28. The summed E-state index contributed by atoms with van der Waals surface area (Å²) in [6.07, 6.45) is 4.23. The van der Waals surface area contributed by atoms with Crippen molar-refractivity contribution in [1.29, 1.82) is 0 Å². The molecular weight excluding hydrogens is 522 g/mol. The van der Waals surface area contributed by atoms with Gasteiger partial charge in [0.05, 0.1) is 33.3 Å². The van der Waals surface area contributed by atoms with Gasteiger partial charge in [0.25, 0.3) is 0 Å². The molecule has 186 valence electrons. The van der Waals surface area contributed by atoms with E-state index in [2.05, 4.69) is 5.92 Å². The number of rotatable bonds is 12. The number of terminal acetylenes is 1. The fourth-order valence-corrected chi connectivity index (χ4v) is 4.24. The van der Waals surface area contributed by atoms with E-state index in [9.17, 15) is 10.2 Å². The number of hydrogen-bond acceptors (Lipinski definition) is 5. The summed E-state index contributed by atoms with van der Waals surface area (Å²) in [4.78, 5) is 0. The highest BCUT2D eigenvalue weighted by Gasteiger charge is 2.28. The molecule has 2 N–H and O–H groups in total. The summed E-state index contributed by atoms with van der Waals surface area (Å²) in [6.45, 7) is 6.19. The van der Waals surface area contributed by atoms with Crippen molar-refractivity contribution < 1.29 is 24.4 Å². The van der Waals surface area contributed by atoms with E-state index < -0.39 is 11.5 Å². The van der Waals surface area contributed by atoms with Crippen LogP contribution >= 0.6 is 46.4 Å². The molecule has 0 aromatic heterocycles. The first-order chi connectivity index (χ1) is 16.0. The fraction of sp³-hybridized carbons (Fsp3) is 0.440. The van der Waals surface area contributed by atoms with Crippen molar-refractivity contribution in [2.45, 2.75) is 32.3 Å². The number of ether oxygens (including phenoxy) is 3. The molecular formula is C25H28Cl4O5. The van der Waals surface area contributed by atoms with Gasteiger partial charge in [0.1, 0.15) is 19.3 Å². The fourth-order valence-electron chi connectivity index (χ4n) is 3.04. The van der Waals surface area contributed by atoms with E-state index in [0.29, 0.717) is 25.8 Å². The Morgan fingerprint density at radius 1 is 0.882 bits per heavy atom. The Morgan fingerprint density at radius 3 is 1.74 bits per heavy atom. The number of aliphatic hydroxyl groups is 2. The highest BCUT2D eigenvalue weighted by molar-refractivity contribution is 6.38. The van der Waals surface area contributed by atoms with Crippen LogP contribution in [0.4, 0.5) is 0 Å². The summed E-state index contributed by atoms with van der Waals surface area (Å²) in [5.74, 6) is 2.90. The summed E-state index contributed by atoms with van der Waals surface area (Å²) in [7, 11) is 0. The Hall–Kier alpha value is -1.36. The Labute approximate surface area is 220 Å². The van der Waals surface area contributed by atoms with Gasteiger partial charge in [-0.3, -0.25) is 0 Å². The molecule has 0 saturated carbocycles. The molecule has 2 aromatic rings. The van der Waals surface area contributed by atoms with Crippen molar-refractivity contribution in [3.05, 3.63) is 55.5 Å². The molecule has 2 aromatic carbocycles. The van der Waals surface area contributed by atoms with E-state index in [1.54, 1.807) is 24.3 Å². The van der Waals surface area contributed by atoms with Gasteiger partial charge in [0.15, 0.2) is 11.5 Å². The monoisotopic (exact) mass is 548 g/mol. The van der Waals surface area contributed by atoms with Gasteiger partial charge in [-0.15, -0.1) is 6.42 Å². The molecule has 34 heavy (non-hydrogen) atoms. The molecule has 0 heterocycles.